The van der Waals surface area contributed by atoms with Gasteiger partial charge in [0.25, 0.3) is 11.8 Å². The number of hydrogen-bond acceptors (Lipinski definition) is 4. The van der Waals surface area contributed by atoms with Crippen LogP contribution in [0.15, 0.2) is 48.5 Å². The standard InChI is InChI=1S/C17H15F3N2O4/c18-17(19,20)10-26-14-7-2-1-6-13(14)22-16(24)11-4-3-5-12(8-11)25-9-15(21)23/h1-8H,9-10H2,(H2,21,23)(H,22,24). The number of anilines is 1. The van der Waals surface area contributed by atoms with Crippen LogP contribution in [0.25, 0.3) is 0 Å². The first-order valence-corrected chi connectivity index (χ1v) is 7.36. The van der Waals surface area contributed by atoms with Gasteiger partial charge >= 0.3 is 6.18 Å². The number of ether oxygens (including phenoxy) is 2. The average molecular weight is 368 g/mol. The summed E-state index contributed by atoms with van der Waals surface area (Å²) in [5.41, 5.74) is 5.25. The summed E-state index contributed by atoms with van der Waals surface area (Å²) in [7, 11) is 0. The highest BCUT2D eigenvalue weighted by molar-refractivity contribution is 6.05. The predicted octanol–water partition coefficient (Wildman–Crippen LogP) is 2.74. The van der Waals surface area contributed by atoms with E-state index in [1.165, 1.54) is 42.5 Å². The molecule has 9 heteroatoms. The molecule has 0 unspecified atom stereocenters. The number of benzene rings is 2. The van der Waals surface area contributed by atoms with Crippen LogP contribution in [-0.4, -0.2) is 31.2 Å². The Morgan fingerprint density at radius 2 is 1.77 bits per heavy atom. The van der Waals surface area contributed by atoms with Gasteiger partial charge in [0.05, 0.1) is 5.69 Å². The van der Waals surface area contributed by atoms with E-state index < -0.39 is 24.6 Å². The Kier molecular flexibility index (Phi) is 6.05. The minimum Gasteiger partial charge on any atom is -0.484 e. The molecule has 0 spiro atoms. The van der Waals surface area contributed by atoms with E-state index in [1.807, 2.05) is 0 Å². The van der Waals surface area contributed by atoms with Gasteiger partial charge in [-0.3, -0.25) is 9.59 Å². The average Bonchev–Trinajstić information content (AvgIpc) is 2.58. The van der Waals surface area contributed by atoms with Crippen molar-refractivity contribution in [1.82, 2.24) is 0 Å². The van der Waals surface area contributed by atoms with Crippen molar-refractivity contribution in [3.05, 3.63) is 54.1 Å². The zero-order chi connectivity index (χ0) is 19.2. The molecule has 0 fully saturated rings. The summed E-state index contributed by atoms with van der Waals surface area (Å²) in [6, 6.07) is 11.7. The fraction of sp³-hybridized carbons (Fsp3) is 0.176. The number of nitrogens with one attached hydrogen (secondary N) is 1. The maximum atomic E-state index is 12.3. The van der Waals surface area contributed by atoms with E-state index in [1.54, 1.807) is 6.07 Å². The molecular weight excluding hydrogens is 353 g/mol. The number of alkyl halides is 3. The van der Waals surface area contributed by atoms with Gasteiger partial charge in [0.1, 0.15) is 11.5 Å². The van der Waals surface area contributed by atoms with Gasteiger partial charge in [-0.2, -0.15) is 13.2 Å². The summed E-state index contributed by atoms with van der Waals surface area (Å²) in [4.78, 5) is 23.0. The Hall–Kier alpha value is -3.23. The minimum absolute atomic E-state index is 0.0882. The topological polar surface area (TPSA) is 90.7 Å². The first kappa shape index (κ1) is 19.1. The maximum absolute atomic E-state index is 12.3. The molecule has 0 radical (unpaired) electrons. The van der Waals surface area contributed by atoms with Crippen LogP contribution in [0.1, 0.15) is 10.4 Å². The molecule has 0 saturated heterocycles. The third kappa shape index (κ3) is 6.00. The fourth-order valence-electron chi connectivity index (χ4n) is 1.93. The molecule has 0 aromatic heterocycles. The van der Waals surface area contributed by atoms with Crippen LogP contribution >= 0.6 is 0 Å². The van der Waals surface area contributed by atoms with Crippen molar-refractivity contribution in [3.63, 3.8) is 0 Å². The molecule has 2 aromatic rings. The van der Waals surface area contributed by atoms with E-state index in [2.05, 4.69) is 5.32 Å². The summed E-state index contributed by atoms with van der Waals surface area (Å²) >= 11 is 0. The molecule has 2 rings (SSSR count). The summed E-state index contributed by atoms with van der Waals surface area (Å²) in [6.07, 6.45) is -4.50. The molecule has 0 aliphatic carbocycles. The molecule has 0 aliphatic heterocycles. The van der Waals surface area contributed by atoms with E-state index in [9.17, 15) is 22.8 Å². The zero-order valence-corrected chi connectivity index (χ0v) is 13.4. The van der Waals surface area contributed by atoms with E-state index in [4.69, 9.17) is 15.2 Å². The first-order chi connectivity index (χ1) is 12.2. The van der Waals surface area contributed by atoms with Crippen molar-refractivity contribution >= 4 is 17.5 Å². The highest BCUT2D eigenvalue weighted by atomic mass is 19.4. The van der Waals surface area contributed by atoms with E-state index in [-0.39, 0.29) is 29.4 Å². The van der Waals surface area contributed by atoms with Gasteiger partial charge in [-0.15, -0.1) is 0 Å². The SMILES string of the molecule is NC(=O)COc1cccc(C(=O)Nc2ccccc2OCC(F)(F)F)c1. The number of rotatable bonds is 7. The van der Waals surface area contributed by atoms with Gasteiger partial charge in [-0.1, -0.05) is 18.2 Å². The van der Waals surface area contributed by atoms with Crippen molar-refractivity contribution < 1.29 is 32.2 Å². The second kappa shape index (κ2) is 8.24. The van der Waals surface area contributed by atoms with Crippen LogP contribution < -0.4 is 20.5 Å². The summed E-state index contributed by atoms with van der Waals surface area (Å²) in [6.45, 7) is -1.82. The first-order valence-electron chi connectivity index (χ1n) is 7.36. The van der Waals surface area contributed by atoms with Crippen molar-refractivity contribution in [2.45, 2.75) is 6.18 Å². The highest BCUT2D eigenvalue weighted by Gasteiger charge is 2.28. The summed E-state index contributed by atoms with van der Waals surface area (Å²) in [5.74, 6) is -1.12. The van der Waals surface area contributed by atoms with Gasteiger partial charge in [0, 0.05) is 5.56 Å². The molecule has 2 aromatic carbocycles. The van der Waals surface area contributed by atoms with Crippen molar-refractivity contribution in [3.8, 4) is 11.5 Å². The molecule has 0 bridgehead atoms. The smallest absolute Gasteiger partial charge is 0.422 e. The quantitative estimate of drug-likeness (QED) is 0.786. The number of carbonyl (C=O) groups is 2. The number of amides is 2. The van der Waals surface area contributed by atoms with Crippen LogP contribution in [0, 0.1) is 0 Å². The molecular formula is C17H15F3N2O4. The largest absolute Gasteiger partial charge is 0.484 e. The maximum Gasteiger partial charge on any atom is 0.422 e. The van der Waals surface area contributed by atoms with Crippen molar-refractivity contribution in [2.75, 3.05) is 18.5 Å². The number of primary amides is 1. The number of halogens is 3. The monoisotopic (exact) mass is 368 g/mol. The molecule has 2 amide bonds. The molecule has 138 valence electrons. The molecule has 0 heterocycles. The Labute approximate surface area is 146 Å². The van der Waals surface area contributed by atoms with Gasteiger partial charge < -0.3 is 20.5 Å². The lowest BCUT2D eigenvalue weighted by atomic mass is 10.2. The van der Waals surface area contributed by atoms with E-state index in [0.717, 1.165) is 0 Å². The van der Waals surface area contributed by atoms with Crippen LogP contribution in [0.4, 0.5) is 18.9 Å². The Bertz CT molecular complexity index is 794. The third-order valence-corrected chi connectivity index (χ3v) is 3.00. The lowest BCUT2D eigenvalue weighted by Gasteiger charge is -2.14. The predicted molar refractivity (Wildman–Crippen MR) is 87.1 cm³/mol. The normalized spacial score (nSPS) is 10.9. The van der Waals surface area contributed by atoms with Crippen LogP contribution in [0.5, 0.6) is 11.5 Å². The number of para-hydroxylation sites is 2. The summed E-state index contributed by atoms with van der Waals surface area (Å²) in [5, 5.41) is 2.48. The van der Waals surface area contributed by atoms with E-state index in [0.29, 0.717) is 0 Å². The molecule has 26 heavy (non-hydrogen) atoms. The number of nitrogens with two attached hydrogens (primary N) is 1. The molecule has 0 atom stereocenters. The second-order valence-corrected chi connectivity index (χ2v) is 5.14. The van der Waals surface area contributed by atoms with Gasteiger partial charge in [-0.25, -0.2) is 0 Å². The number of hydrogen-bond donors (Lipinski definition) is 2. The zero-order valence-electron chi connectivity index (χ0n) is 13.4. The van der Waals surface area contributed by atoms with Crippen molar-refractivity contribution in [2.24, 2.45) is 5.73 Å². The van der Waals surface area contributed by atoms with Crippen molar-refractivity contribution in [1.29, 1.82) is 0 Å². The van der Waals surface area contributed by atoms with Crippen LogP contribution in [0.2, 0.25) is 0 Å². The van der Waals surface area contributed by atoms with Gasteiger partial charge in [-0.05, 0) is 30.3 Å². The van der Waals surface area contributed by atoms with Gasteiger partial charge in [0.2, 0.25) is 0 Å². The fourth-order valence-corrected chi connectivity index (χ4v) is 1.93. The molecule has 3 N–H and O–H groups in total. The molecule has 6 nitrogen and oxygen atoms in total. The Morgan fingerprint density at radius 1 is 1.04 bits per heavy atom. The third-order valence-electron chi connectivity index (χ3n) is 3.00. The lowest BCUT2D eigenvalue weighted by Crippen LogP contribution is -2.21. The van der Waals surface area contributed by atoms with Crippen LogP contribution in [-0.2, 0) is 4.79 Å². The minimum atomic E-state index is -4.50. The highest BCUT2D eigenvalue weighted by Crippen LogP contribution is 2.27. The molecule has 0 saturated carbocycles. The van der Waals surface area contributed by atoms with Gasteiger partial charge in [0.15, 0.2) is 13.2 Å². The van der Waals surface area contributed by atoms with E-state index >= 15 is 0 Å². The van der Waals surface area contributed by atoms with Crippen LogP contribution in [0.3, 0.4) is 0 Å². The molecule has 0 aliphatic rings. The Morgan fingerprint density at radius 3 is 2.46 bits per heavy atom. The lowest BCUT2D eigenvalue weighted by molar-refractivity contribution is -0.153. The number of carbonyl (C=O) groups excluding carboxylic acids is 2. The second-order valence-electron chi connectivity index (χ2n) is 5.14. The Balaban J connectivity index is 2.10. The summed E-state index contributed by atoms with van der Waals surface area (Å²) < 4.78 is 46.8.